The lowest BCUT2D eigenvalue weighted by atomic mass is 9.95. The van der Waals surface area contributed by atoms with Crippen LogP contribution in [0.25, 0.3) is 0 Å². The quantitative estimate of drug-likeness (QED) is 0.925. The van der Waals surface area contributed by atoms with Gasteiger partial charge in [-0.1, -0.05) is 44.7 Å². The average molecular weight is 282 g/mol. The summed E-state index contributed by atoms with van der Waals surface area (Å²) < 4.78 is 0. The molecule has 0 saturated heterocycles. The van der Waals surface area contributed by atoms with Gasteiger partial charge in [-0.15, -0.1) is 10.2 Å². The third-order valence-corrected chi connectivity index (χ3v) is 3.76. The van der Waals surface area contributed by atoms with Gasteiger partial charge in [0.15, 0.2) is 10.8 Å². The lowest BCUT2D eigenvalue weighted by Crippen LogP contribution is -2.37. The number of amides is 1. The van der Waals surface area contributed by atoms with E-state index >= 15 is 0 Å². The molecule has 1 amide bonds. The molecular weight excluding hydrogens is 262 g/mol. The van der Waals surface area contributed by atoms with E-state index in [0.29, 0.717) is 10.8 Å². The molecule has 1 heterocycles. The second-order valence-electron chi connectivity index (χ2n) is 5.43. The van der Waals surface area contributed by atoms with E-state index < -0.39 is 0 Å². The Morgan fingerprint density at radius 1 is 1.32 bits per heavy atom. The van der Waals surface area contributed by atoms with Crippen LogP contribution in [0.5, 0.6) is 0 Å². The third kappa shape index (κ3) is 3.66. The first-order chi connectivity index (χ1) is 9.08. The summed E-state index contributed by atoms with van der Waals surface area (Å²) in [4.78, 5) is 12.3. The van der Waals surface area contributed by atoms with Crippen molar-refractivity contribution in [2.24, 2.45) is 0 Å². The standard InChI is InChI=1S/C14H20ClN3O/c1-9(2)11-8-12(15)17-18-13(11)14(19)16-10-6-4-3-5-7-10/h8-10H,3-7H2,1-2H3,(H,16,19). The maximum absolute atomic E-state index is 12.3. The van der Waals surface area contributed by atoms with Crippen molar-refractivity contribution in [1.29, 1.82) is 0 Å². The van der Waals surface area contributed by atoms with E-state index in [1.807, 2.05) is 13.8 Å². The molecule has 0 aromatic carbocycles. The molecular formula is C14H20ClN3O. The molecule has 1 aliphatic carbocycles. The lowest BCUT2D eigenvalue weighted by molar-refractivity contribution is 0.0920. The second-order valence-corrected chi connectivity index (χ2v) is 5.82. The Kier molecular flexibility index (Phi) is 4.75. The Hall–Kier alpha value is -1.16. The highest BCUT2D eigenvalue weighted by Crippen LogP contribution is 2.22. The fraction of sp³-hybridized carbons (Fsp3) is 0.643. The number of nitrogens with zero attached hydrogens (tertiary/aromatic N) is 2. The van der Waals surface area contributed by atoms with Crippen molar-refractivity contribution < 1.29 is 4.79 Å². The summed E-state index contributed by atoms with van der Waals surface area (Å²) in [6.45, 7) is 4.04. The van der Waals surface area contributed by atoms with Crippen LogP contribution in [0.4, 0.5) is 0 Å². The van der Waals surface area contributed by atoms with Gasteiger partial charge in [0, 0.05) is 6.04 Å². The molecule has 1 aromatic rings. The van der Waals surface area contributed by atoms with E-state index in [9.17, 15) is 4.79 Å². The fourth-order valence-electron chi connectivity index (χ4n) is 2.50. The first kappa shape index (κ1) is 14.3. The Morgan fingerprint density at radius 3 is 2.63 bits per heavy atom. The van der Waals surface area contributed by atoms with Crippen molar-refractivity contribution in [3.8, 4) is 0 Å². The van der Waals surface area contributed by atoms with Crippen molar-refractivity contribution in [3.63, 3.8) is 0 Å². The van der Waals surface area contributed by atoms with Crippen molar-refractivity contribution in [2.45, 2.75) is 57.9 Å². The minimum absolute atomic E-state index is 0.125. The van der Waals surface area contributed by atoms with Gasteiger partial charge in [-0.3, -0.25) is 4.79 Å². The zero-order chi connectivity index (χ0) is 13.8. The van der Waals surface area contributed by atoms with Gasteiger partial charge in [-0.05, 0) is 30.4 Å². The van der Waals surface area contributed by atoms with Gasteiger partial charge in [0.2, 0.25) is 0 Å². The van der Waals surface area contributed by atoms with E-state index in [-0.39, 0.29) is 17.9 Å². The Labute approximate surface area is 118 Å². The van der Waals surface area contributed by atoms with E-state index in [2.05, 4.69) is 15.5 Å². The summed E-state index contributed by atoms with van der Waals surface area (Å²) >= 11 is 5.85. The van der Waals surface area contributed by atoms with Gasteiger partial charge in [-0.25, -0.2) is 0 Å². The molecule has 2 rings (SSSR count). The average Bonchev–Trinajstić information content (AvgIpc) is 2.39. The number of rotatable bonds is 3. The van der Waals surface area contributed by atoms with Crippen molar-refractivity contribution in [1.82, 2.24) is 15.5 Å². The zero-order valence-corrected chi connectivity index (χ0v) is 12.2. The molecule has 0 aliphatic heterocycles. The van der Waals surface area contributed by atoms with Crippen LogP contribution in [0.1, 0.15) is 67.9 Å². The summed E-state index contributed by atoms with van der Waals surface area (Å²) in [6.07, 6.45) is 5.76. The first-order valence-corrected chi connectivity index (χ1v) is 7.29. The predicted octanol–water partition coefficient (Wildman–Crippen LogP) is 3.32. The van der Waals surface area contributed by atoms with Crippen LogP contribution < -0.4 is 5.32 Å². The Balaban J connectivity index is 2.13. The predicted molar refractivity (Wildman–Crippen MR) is 75.5 cm³/mol. The molecule has 104 valence electrons. The maximum Gasteiger partial charge on any atom is 0.272 e. The normalized spacial score (nSPS) is 16.6. The number of halogens is 1. The number of carbonyl (C=O) groups is 1. The van der Waals surface area contributed by atoms with Crippen LogP contribution in [-0.2, 0) is 0 Å². The number of aromatic nitrogens is 2. The van der Waals surface area contributed by atoms with E-state index in [0.717, 1.165) is 18.4 Å². The summed E-state index contributed by atoms with van der Waals surface area (Å²) in [5.41, 5.74) is 1.26. The monoisotopic (exact) mass is 281 g/mol. The lowest BCUT2D eigenvalue weighted by Gasteiger charge is -2.23. The first-order valence-electron chi connectivity index (χ1n) is 6.92. The van der Waals surface area contributed by atoms with Crippen molar-refractivity contribution >= 4 is 17.5 Å². The van der Waals surface area contributed by atoms with Crippen molar-refractivity contribution in [2.75, 3.05) is 0 Å². The zero-order valence-electron chi connectivity index (χ0n) is 11.4. The fourth-order valence-corrected chi connectivity index (χ4v) is 2.65. The van der Waals surface area contributed by atoms with Crippen LogP contribution in [0.2, 0.25) is 5.15 Å². The molecule has 0 bridgehead atoms. The SMILES string of the molecule is CC(C)c1cc(Cl)nnc1C(=O)NC1CCCCC1. The van der Waals surface area contributed by atoms with Gasteiger partial charge < -0.3 is 5.32 Å². The second kappa shape index (κ2) is 6.33. The highest BCUT2D eigenvalue weighted by atomic mass is 35.5. The molecule has 1 aliphatic rings. The Morgan fingerprint density at radius 2 is 2.00 bits per heavy atom. The molecule has 0 spiro atoms. The van der Waals surface area contributed by atoms with Crippen molar-refractivity contribution in [3.05, 3.63) is 22.5 Å². The molecule has 19 heavy (non-hydrogen) atoms. The van der Waals surface area contributed by atoms with E-state index in [4.69, 9.17) is 11.6 Å². The van der Waals surface area contributed by atoms with E-state index in [1.54, 1.807) is 6.07 Å². The molecule has 0 unspecified atom stereocenters. The van der Waals surface area contributed by atoms with Gasteiger partial charge in [0.05, 0.1) is 0 Å². The van der Waals surface area contributed by atoms with Gasteiger partial charge in [-0.2, -0.15) is 0 Å². The Bertz CT molecular complexity index is 456. The third-order valence-electron chi connectivity index (χ3n) is 3.57. The minimum Gasteiger partial charge on any atom is -0.348 e. The number of nitrogens with one attached hydrogen (secondary N) is 1. The smallest absolute Gasteiger partial charge is 0.272 e. The summed E-state index contributed by atoms with van der Waals surface area (Å²) in [7, 11) is 0. The van der Waals surface area contributed by atoms with Crippen LogP contribution >= 0.6 is 11.6 Å². The number of hydrogen-bond acceptors (Lipinski definition) is 3. The number of carbonyl (C=O) groups excluding carboxylic acids is 1. The molecule has 5 heteroatoms. The van der Waals surface area contributed by atoms with Crippen LogP contribution in [-0.4, -0.2) is 22.1 Å². The van der Waals surface area contributed by atoms with Gasteiger partial charge >= 0.3 is 0 Å². The topological polar surface area (TPSA) is 54.9 Å². The highest BCUT2D eigenvalue weighted by molar-refractivity contribution is 6.29. The molecule has 1 fully saturated rings. The highest BCUT2D eigenvalue weighted by Gasteiger charge is 2.21. The molecule has 0 radical (unpaired) electrons. The van der Waals surface area contributed by atoms with Gasteiger partial charge in [0.25, 0.3) is 5.91 Å². The molecule has 1 saturated carbocycles. The molecule has 4 nitrogen and oxygen atoms in total. The van der Waals surface area contributed by atoms with Gasteiger partial charge in [0.1, 0.15) is 0 Å². The molecule has 1 aromatic heterocycles. The maximum atomic E-state index is 12.3. The van der Waals surface area contributed by atoms with Crippen LogP contribution in [0.3, 0.4) is 0 Å². The summed E-state index contributed by atoms with van der Waals surface area (Å²) in [6, 6.07) is 2.01. The summed E-state index contributed by atoms with van der Waals surface area (Å²) in [5, 5.41) is 11.2. The molecule has 1 N–H and O–H groups in total. The largest absolute Gasteiger partial charge is 0.348 e. The van der Waals surface area contributed by atoms with Crippen LogP contribution in [0.15, 0.2) is 6.07 Å². The number of hydrogen-bond donors (Lipinski definition) is 1. The molecule has 0 atom stereocenters. The summed E-state index contributed by atoms with van der Waals surface area (Å²) in [5.74, 6) is 0.0693. The minimum atomic E-state index is -0.125. The van der Waals surface area contributed by atoms with E-state index in [1.165, 1.54) is 19.3 Å². The van der Waals surface area contributed by atoms with Crippen LogP contribution in [0, 0.1) is 0 Å².